The molecule has 3 rings (SSSR count). The third-order valence-electron chi connectivity index (χ3n) is 4.29. The van der Waals surface area contributed by atoms with Crippen molar-refractivity contribution in [1.29, 1.82) is 0 Å². The Morgan fingerprint density at radius 1 is 0.889 bits per heavy atom. The Morgan fingerprint density at radius 2 is 1.52 bits per heavy atom. The molecular formula is C21H24N2O4. The molecule has 0 atom stereocenters. The van der Waals surface area contributed by atoms with Gasteiger partial charge in [0.2, 0.25) is 5.91 Å². The van der Waals surface area contributed by atoms with Gasteiger partial charge in [0.1, 0.15) is 17.2 Å². The second-order valence-corrected chi connectivity index (χ2v) is 6.36. The largest absolute Gasteiger partial charge is 0.484 e. The Kier molecular flexibility index (Phi) is 6.68. The fourth-order valence-electron chi connectivity index (χ4n) is 2.86. The van der Waals surface area contributed by atoms with Gasteiger partial charge in [-0.05, 0) is 49.2 Å². The average Bonchev–Trinajstić information content (AvgIpc) is 3.23. The van der Waals surface area contributed by atoms with E-state index in [-0.39, 0.29) is 18.4 Å². The number of likely N-dealkylation sites (tertiary alicyclic amines) is 1. The number of carbonyl (C=O) groups excluding carboxylic acids is 2. The monoisotopic (exact) mass is 368 g/mol. The molecule has 1 fully saturated rings. The highest BCUT2D eigenvalue weighted by Crippen LogP contribution is 2.23. The number of para-hydroxylation sites is 1. The number of benzene rings is 2. The number of amides is 2. The molecule has 0 saturated carbocycles. The van der Waals surface area contributed by atoms with Crippen LogP contribution in [0.25, 0.3) is 0 Å². The maximum atomic E-state index is 11.9. The molecule has 1 saturated heterocycles. The molecule has 0 aliphatic carbocycles. The van der Waals surface area contributed by atoms with Gasteiger partial charge in [-0.25, -0.2) is 0 Å². The minimum Gasteiger partial charge on any atom is -0.484 e. The maximum Gasteiger partial charge on any atom is 0.257 e. The SMILES string of the molecule is O=C(COc1ccc(Oc2ccccc2)cc1)NCCC(=O)N1CCCC1. The summed E-state index contributed by atoms with van der Waals surface area (Å²) < 4.78 is 11.2. The summed E-state index contributed by atoms with van der Waals surface area (Å²) in [5.74, 6) is 1.89. The first kappa shape index (κ1) is 18.8. The summed E-state index contributed by atoms with van der Waals surface area (Å²) >= 11 is 0. The lowest BCUT2D eigenvalue weighted by Crippen LogP contribution is -2.34. The van der Waals surface area contributed by atoms with Crippen LogP contribution in [-0.2, 0) is 9.59 Å². The molecule has 27 heavy (non-hydrogen) atoms. The third-order valence-corrected chi connectivity index (χ3v) is 4.29. The number of nitrogens with one attached hydrogen (secondary N) is 1. The van der Waals surface area contributed by atoms with Gasteiger partial charge in [0.05, 0.1) is 0 Å². The first-order valence-electron chi connectivity index (χ1n) is 9.21. The van der Waals surface area contributed by atoms with Crippen LogP contribution in [0, 0.1) is 0 Å². The highest BCUT2D eigenvalue weighted by Gasteiger charge is 2.17. The predicted molar refractivity (Wildman–Crippen MR) is 102 cm³/mol. The summed E-state index contributed by atoms with van der Waals surface area (Å²) in [5.41, 5.74) is 0. The first-order valence-corrected chi connectivity index (χ1v) is 9.21. The number of nitrogens with zero attached hydrogens (tertiary/aromatic N) is 1. The van der Waals surface area contributed by atoms with Crippen LogP contribution in [-0.4, -0.2) is 43.0 Å². The smallest absolute Gasteiger partial charge is 0.257 e. The second kappa shape index (κ2) is 9.62. The summed E-state index contributed by atoms with van der Waals surface area (Å²) in [5, 5.41) is 2.72. The van der Waals surface area contributed by atoms with Crippen LogP contribution in [0.1, 0.15) is 19.3 Å². The minimum absolute atomic E-state index is 0.0865. The van der Waals surface area contributed by atoms with Crippen molar-refractivity contribution in [2.24, 2.45) is 0 Å². The van der Waals surface area contributed by atoms with Crippen LogP contribution in [0.15, 0.2) is 54.6 Å². The van der Waals surface area contributed by atoms with Crippen LogP contribution >= 0.6 is 0 Å². The van der Waals surface area contributed by atoms with Gasteiger partial charge in [-0.2, -0.15) is 0 Å². The highest BCUT2D eigenvalue weighted by atomic mass is 16.5. The van der Waals surface area contributed by atoms with Gasteiger partial charge in [-0.1, -0.05) is 18.2 Å². The molecular weight excluding hydrogens is 344 g/mol. The number of carbonyl (C=O) groups is 2. The van der Waals surface area contributed by atoms with E-state index in [1.165, 1.54) is 0 Å². The Hall–Kier alpha value is -3.02. The van der Waals surface area contributed by atoms with Gasteiger partial charge in [0.25, 0.3) is 5.91 Å². The lowest BCUT2D eigenvalue weighted by atomic mass is 10.3. The molecule has 0 spiro atoms. The summed E-state index contributed by atoms with van der Waals surface area (Å²) in [6, 6.07) is 16.6. The zero-order valence-electron chi connectivity index (χ0n) is 15.2. The van der Waals surface area contributed by atoms with Crippen molar-refractivity contribution in [2.75, 3.05) is 26.2 Å². The molecule has 2 amide bonds. The summed E-state index contributed by atoms with van der Waals surface area (Å²) in [7, 11) is 0. The molecule has 0 radical (unpaired) electrons. The van der Waals surface area contributed by atoms with Crippen molar-refractivity contribution in [3.63, 3.8) is 0 Å². The number of ether oxygens (including phenoxy) is 2. The molecule has 6 heteroatoms. The topological polar surface area (TPSA) is 67.9 Å². The van der Waals surface area contributed by atoms with Crippen LogP contribution in [0.5, 0.6) is 17.2 Å². The van der Waals surface area contributed by atoms with Crippen molar-refractivity contribution in [3.8, 4) is 17.2 Å². The zero-order valence-corrected chi connectivity index (χ0v) is 15.2. The van der Waals surface area contributed by atoms with Gasteiger partial charge < -0.3 is 19.7 Å². The molecule has 0 aromatic heterocycles. The molecule has 0 unspecified atom stereocenters. The molecule has 1 N–H and O–H groups in total. The van der Waals surface area contributed by atoms with E-state index in [1.807, 2.05) is 35.2 Å². The minimum atomic E-state index is -0.242. The van der Waals surface area contributed by atoms with E-state index in [1.54, 1.807) is 24.3 Å². The summed E-state index contributed by atoms with van der Waals surface area (Å²) in [4.78, 5) is 25.6. The van der Waals surface area contributed by atoms with E-state index in [9.17, 15) is 9.59 Å². The van der Waals surface area contributed by atoms with Crippen molar-refractivity contribution in [2.45, 2.75) is 19.3 Å². The average molecular weight is 368 g/mol. The summed E-state index contributed by atoms with van der Waals surface area (Å²) in [6.07, 6.45) is 2.47. The highest BCUT2D eigenvalue weighted by molar-refractivity contribution is 5.80. The molecule has 142 valence electrons. The fourth-order valence-corrected chi connectivity index (χ4v) is 2.86. The molecule has 1 aliphatic heterocycles. The van der Waals surface area contributed by atoms with E-state index in [4.69, 9.17) is 9.47 Å². The molecule has 0 bridgehead atoms. The molecule has 2 aromatic rings. The van der Waals surface area contributed by atoms with Crippen molar-refractivity contribution in [1.82, 2.24) is 10.2 Å². The molecule has 1 heterocycles. The number of hydrogen-bond donors (Lipinski definition) is 1. The second-order valence-electron chi connectivity index (χ2n) is 6.36. The van der Waals surface area contributed by atoms with E-state index < -0.39 is 0 Å². The Balaban J connectivity index is 1.35. The van der Waals surface area contributed by atoms with Gasteiger partial charge in [-0.15, -0.1) is 0 Å². The maximum absolute atomic E-state index is 11.9. The number of rotatable bonds is 8. The van der Waals surface area contributed by atoms with Crippen LogP contribution in [0.3, 0.4) is 0 Å². The Morgan fingerprint density at radius 3 is 2.22 bits per heavy atom. The van der Waals surface area contributed by atoms with Crippen molar-refractivity contribution >= 4 is 11.8 Å². The van der Waals surface area contributed by atoms with Crippen molar-refractivity contribution in [3.05, 3.63) is 54.6 Å². The van der Waals surface area contributed by atoms with E-state index in [2.05, 4.69) is 5.32 Å². The zero-order chi connectivity index (χ0) is 18.9. The van der Waals surface area contributed by atoms with Gasteiger partial charge >= 0.3 is 0 Å². The lowest BCUT2D eigenvalue weighted by molar-refractivity contribution is -0.130. The normalized spacial score (nSPS) is 13.3. The fraction of sp³-hybridized carbons (Fsp3) is 0.333. The third kappa shape index (κ3) is 6.02. The van der Waals surface area contributed by atoms with E-state index in [0.717, 1.165) is 31.7 Å². The van der Waals surface area contributed by atoms with Crippen molar-refractivity contribution < 1.29 is 19.1 Å². The Labute approximate surface area is 159 Å². The van der Waals surface area contributed by atoms with Gasteiger partial charge in [-0.3, -0.25) is 9.59 Å². The quantitative estimate of drug-likeness (QED) is 0.778. The summed E-state index contributed by atoms with van der Waals surface area (Å²) in [6.45, 7) is 1.91. The van der Waals surface area contributed by atoms with Gasteiger partial charge in [0.15, 0.2) is 6.61 Å². The molecule has 6 nitrogen and oxygen atoms in total. The number of hydrogen-bond acceptors (Lipinski definition) is 4. The van der Waals surface area contributed by atoms with E-state index >= 15 is 0 Å². The van der Waals surface area contributed by atoms with Crippen LogP contribution < -0.4 is 14.8 Å². The van der Waals surface area contributed by atoms with Crippen LogP contribution in [0.2, 0.25) is 0 Å². The molecule has 2 aromatic carbocycles. The van der Waals surface area contributed by atoms with E-state index in [0.29, 0.717) is 24.5 Å². The predicted octanol–water partition coefficient (Wildman–Crippen LogP) is 2.99. The molecule has 1 aliphatic rings. The van der Waals surface area contributed by atoms with Gasteiger partial charge in [0, 0.05) is 26.1 Å². The standard InChI is InChI=1S/C21H24N2O4/c24-20(22-13-12-21(25)23-14-4-5-15-23)16-26-17-8-10-19(11-9-17)27-18-6-2-1-3-7-18/h1-3,6-11H,4-5,12-16H2,(H,22,24). The van der Waals surface area contributed by atoms with Crippen LogP contribution in [0.4, 0.5) is 0 Å². The first-order chi connectivity index (χ1) is 13.2. The lowest BCUT2D eigenvalue weighted by Gasteiger charge is -2.15. The Bertz CT molecular complexity index is 741.